The molecule has 0 spiro atoms. The highest BCUT2D eigenvalue weighted by atomic mass is 32.2. The first-order valence-corrected chi connectivity index (χ1v) is 14.3. The molecule has 0 bridgehead atoms. The monoisotopic (exact) mass is 549 g/mol. The highest BCUT2D eigenvalue weighted by molar-refractivity contribution is 7.99. The van der Waals surface area contributed by atoms with Gasteiger partial charge in [0.25, 0.3) is 5.03 Å². The van der Waals surface area contributed by atoms with Crippen LogP contribution in [0.5, 0.6) is 5.95 Å². The summed E-state index contributed by atoms with van der Waals surface area (Å²) in [5.74, 6) is -0.486. The first-order valence-electron chi connectivity index (χ1n) is 12.5. The predicted octanol–water partition coefficient (Wildman–Crippen LogP) is 4.66. The lowest BCUT2D eigenvalue weighted by Crippen LogP contribution is -2.34. The molecule has 4 aromatic rings. The fourth-order valence-electron chi connectivity index (χ4n) is 4.63. The second kappa shape index (κ2) is 11.8. The Morgan fingerprint density at radius 3 is 2.66 bits per heavy atom. The molecule has 0 saturated heterocycles. The normalized spacial score (nSPS) is 14.6. The maximum atomic E-state index is 12.9. The number of nitrogens with one attached hydrogen (secondary N) is 1. The minimum absolute atomic E-state index is 0.140. The van der Waals surface area contributed by atoms with Crippen LogP contribution in [0.3, 0.4) is 0 Å². The number of benzene rings is 2. The summed E-state index contributed by atoms with van der Waals surface area (Å²) < 4.78 is 11.6. The molecule has 0 radical (unpaired) electrons. The lowest BCUT2D eigenvalue weighted by Gasteiger charge is -2.23. The van der Waals surface area contributed by atoms with Crippen LogP contribution in [-0.4, -0.2) is 29.5 Å². The number of esters is 1. The zero-order chi connectivity index (χ0) is 26.5. The first kappa shape index (κ1) is 26.0. The second-order valence-corrected chi connectivity index (χ2v) is 11.0. The number of carbonyl (C=O) groups excluding carboxylic acids is 2. The van der Waals surface area contributed by atoms with Crippen molar-refractivity contribution in [3.8, 4) is 11.6 Å². The number of hydrogen-bond acceptors (Lipinski definition) is 8. The largest absolute Gasteiger partial charge is 0.538 e. The number of anilines is 1. The van der Waals surface area contributed by atoms with Crippen LogP contribution in [-0.2, 0) is 22.4 Å². The van der Waals surface area contributed by atoms with Gasteiger partial charge in [0.1, 0.15) is 5.00 Å². The lowest BCUT2D eigenvalue weighted by molar-refractivity contribution is -0.705. The van der Waals surface area contributed by atoms with Crippen LogP contribution in [0.2, 0.25) is 0 Å². The van der Waals surface area contributed by atoms with Gasteiger partial charge in [0.2, 0.25) is 11.6 Å². The molecule has 1 amide bonds. The maximum absolute atomic E-state index is 12.9. The van der Waals surface area contributed by atoms with E-state index in [4.69, 9.17) is 9.26 Å². The van der Waals surface area contributed by atoms with E-state index in [0.29, 0.717) is 32.9 Å². The van der Waals surface area contributed by atoms with Crippen LogP contribution in [0.4, 0.5) is 5.00 Å². The van der Waals surface area contributed by atoms with Crippen molar-refractivity contribution < 1.29 is 28.6 Å². The van der Waals surface area contributed by atoms with E-state index >= 15 is 0 Å². The van der Waals surface area contributed by atoms with Crippen molar-refractivity contribution >= 4 is 40.0 Å². The molecule has 1 atom stereocenters. The summed E-state index contributed by atoms with van der Waals surface area (Å²) in [4.78, 5) is 26.9. The molecule has 5 rings (SSSR count). The highest BCUT2D eigenvalue weighted by Crippen LogP contribution is 2.43. The van der Waals surface area contributed by atoms with E-state index in [9.17, 15) is 14.7 Å². The molecule has 0 aliphatic heterocycles. The molecule has 8 nitrogen and oxygen atoms in total. The van der Waals surface area contributed by atoms with Gasteiger partial charge in [-0.3, -0.25) is 4.79 Å². The van der Waals surface area contributed by atoms with Crippen molar-refractivity contribution in [2.45, 2.75) is 43.6 Å². The molecule has 0 fully saturated rings. The van der Waals surface area contributed by atoms with Crippen molar-refractivity contribution in [3.05, 3.63) is 82.2 Å². The molecule has 0 saturated carbocycles. The molecule has 1 aliphatic carbocycles. The van der Waals surface area contributed by atoms with Gasteiger partial charge in [0.15, 0.2) is 5.95 Å². The maximum Gasteiger partial charge on any atom is 0.341 e. The van der Waals surface area contributed by atoms with Crippen molar-refractivity contribution in [1.82, 2.24) is 5.27 Å². The van der Waals surface area contributed by atoms with Gasteiger partial charge in [-0.2, -0.15) is 0 Å². The molecule has 1 unspecified atom stereocenters. The fraction of sp³-hybridized carbons (Fsp3) is 0.286. The Labute approximate surface area is 228 Å². The van der Waals surface area contributed by atoms with Crippen LogP contribution in [0.1, 0.15) is 52.0 Å². The molecule has 1 aliphatic rings. The number of para-hydroxylation sites is 1. The van der Waals surface area contributed by atoms with Gasteiger partial charge in [0, 0.05) is 29.2 Å². The van der Waals surface area contributed by atoms with E-state index < -0.39 is 11.9 Å². The van der Waals surface area contributed by atoms with Gasteiger partial charge in [-0.05, 0) is 47.9 Å². The Hall–Kier alpha value is -3.63. The summed E-state index contributed by atoms with van der Waals surface area (Å²) in [6, 6.07) is 19.6. The number of ether oxygens (including phenoxy) is 1. The number of hydrogen-bond donors (Lipinski definition) is 1. The average Bonchev–Trinajstić information content (AvgIpc) is 3.49. The lowest BCUT2D eigenvalue weighted by atomic mass is 9.83. The number of aromatic nitrogens is 2. The van der Waals surface area contributed by atoms with Crippen molar-refractivity contribution in [2.75, 3.05) is 17.7 Å². The zero-order valence-electron chi connectivity index (χ0n) is 20.8. The number of amides is 1. The zero-order valence-corrected chi connectivity index (χ0v) is 22.5. The van der Waals surface area contributed by atoms with E-state index in [1.807, 2.05) is 48.5 Å². The average molecular weight is 550 g/mol. The van der Waals surface area contributed by atoms with Crippen molar-refractivity contribution in [2.24, 2.45) is 0 Å². The van der Waals surface area contributed by atoms with E-state index in [2.05, 4.69) is 22.7 Å². The van der Waals surface area contributed by atoms with Gasteiger partial charge in [0.05, 0.1) is 17.4 Å². The smallest absolute Gasteiger partial charge is 0.341 e. The third kappa shape index (κ3) is 5.61. The molecular formula is C28H27N3O5S2. The van der Waals surface area contributed by atoms with Crippen molar-refractivity contribution in [3.63, 3.8) is 0 Å². The summed E-state index contributed by atoms with van der Waals surface area (Å²) >= 11 is 2.66. The Kier molecular flexibility index (Phi) is 8.09. The standard InChI is InChI=1S/C28H27N3O5S2/c1-2-35-27(33)24-21-14-13-19(18-9-5-3-6-10-18)17-22(21)38-25(24)29-23(32)15-16-37-26-28(34)36-30-31(26)20-11-7-4-8-12-20/h3-12,19H,2,13-17H2,1H3,(H-,29,30,32,33,34). The molecular weight excluding hydrogens is 522 g/mol. The first-order chi connectivity index (χ1) is 18.5. The van der Waals surface area contributed by atoms with Crippen LogP contribution < -0.4 is 15.1 Å². The highest BCUT2D eigenvalue weighted by Gasteiger charge is 2.31. The molecule has 2 aromatic carbocycles. The number of thiophene rings is 1. The van der Waals surface area contributed by atoms with Crippen LogP contribution in [0.15, 0.2) is 70.2 Å². The second-order valence-electron chi connectivity index (χ2n) is 8.84. The molecule has 2 aromatic heterocycles. The number of nitrogens with zero attached hydrogens (tertiary/aromatic N) is 2. The SMILES string of the molecule is CCOC(=O)c1c(NC(=O)CCSc2c([O-])on[n+]2-c2ccccc2)sc2c1CCC(c1ccccc1)C2. The van der Waals surface area contributed by atoms with Crippen LogP contribution in [0.25, 0.3) is 5.69 Å². The summed E-state index contributed by atoms with van der Waals surface area (Å²) in [5.41, 5.74) is 3.44. The van der Waals surface area contributed by atoms with E-state index in [-0.39, 0.29) is 18.9 Å². The fourth-order valence-corrected chi connectivity index (χ4v) is 6.86. The number of carbonyl (C=O) groups is 2. The third-order valence-corrected chi connectivity index (χ3v) is 8.60. The summed E-state index contributed by atoms with van der Waals surface area (Å²) in [6.45, 7) is 2.03. The quantitative estimate of drug-likeness (QED) is 0.184. The molecule has 38 heavy (non-hydrogen) atoms. The van der Waals surface area contributed by atoms with Gasteiger partial charge in [-0.1, -0.05) is 60.3 Å². The minimum atomic E-state index is -0.553. The topological polar surface area (TPSA) is 108 Å². The number of rotatable bonds is 9. The van der Waals surface area contributed by atoms with Gasteiger partial charge >= 0.3 is 5.97 Å². The van der Waals surface area contributed by atoms with Gasteiger partial charge in [-0.15, -0.1) is 11.3 Å². The van der Waals surface area contributed by atoms with Crippen LogP contribution >= 0.6 is 23.1 Å². The Morgan fingerprint density at radius 1 is 1.18 bits per heavy atom. The molecule has 10 heteroatoms. The Balaban J connectivity index is 1.28. The van der Waals surface area contributed by atoms with E-state index in [1.54, 1.807) is 6.92 Å². The van der Waals surface area contributed by atoms with Gasteiger partial charge < -0.3 is 19.7 Å². The Bertz CT molecular complexity index is 1420. The van der Waals surface area contributed by atoms with E-state index in [1.165, 1.54) is 33.3 Å². The summed E-state index contributed by atoms with van der Waals surface area (Å²) in [6.07, 6.45) is 2.65. The van der Waals surface area contributed by atoms with Crippen LogP contribution in [0, 0.1) is 0 Å². The van der Waals surface area contributed by atoms with E-state index in [0.717, 1.165) is 29.7 Å². The molecule has 1 N–H and O–H groups in total. The van der Waals surface area contributed by atoms with Crippen molar-refractivity contribution in [1.29, 1.82) is 0 Å². The predicted molar refractivity (Wildman–Crippen MR) is 143 cm³/mol. The van der Waals surface area contributed by atoms with Gasteiger partial charge in [-0.25, -0.2) is 4.79 Å². The number of fused-ring (bicyclic) bond motifs is 1. The molecule has 196 valence electrons. The minimum Gasteiger partial charge on any atom is -0.538 e. The Morgan fingerprint density at radius 2 is 1.92 bits per heavy atom. The molecule has 2 heterocycles. The summed E-state index contributed by atoms with van der Waals surface area (Å²) in [7, 11) is 0. The third-order valence-electron chi connectivity index (χ3n) is 6.41. The summed E-state index contributed by atoms with van der Waals surface area (Å²) in [5, 5.41) is 19.8. The number of thioether (sulfide) groups is 1.